The van der Waals surface area contributed by atoms with Crippen LogP contribution in [0.2, 0.25) is 0 Å². The van der Waals surface area contributed by atoms with Gasteiger partial charge in [0, 0.05) is 25.1 Å². The molecule has 0 aliphatic rings. The minimum Gasteiger partial charge on any atom is -0.491 e. The average Bonchev–Trinajstić information content (AvgIpc) is 3.40. The van der Waals surface area contributed by atoms with Crippen molar-refractivity contribution < 1.29 is 9.53 Å². The van der Waals surface area contributed by atoms with Crippen molar-refractivity contribution in [3.8, 4) is 11.7 Å². The van der Waals surface area contributed by atoms with Gasteiger partial charge in [-0.15, -0.1) is 0 Å². The number of imidazole rings is 1. The first-order chi connectivity index (χ1) is 14.1. The van der Waals surface area contributed by atoms with E-state index in [1.54, 1.807) is 53.9 Å². The van der Waals surface area contributed by atoms with E-state index in [1.807, 2.05) is 19.0 Å². The second-order valence-corrected chi connectivity index (χ2v) is 6.57. The molecule has 4 rings (SSSR count). The highest BCUT2D eigenvalue weighted by molar-refractivity contribution is 6.09. The Bertz CT molecular complexity index is 1100. The summed E-state index contributed by atoms with van der Waals surface area (Å²) in [5, 5.41) is 2.77. The van der Waals surface area contributed by atoms with E-state index in [4.69, 9.17) is 4.74 Å². The summed E-state index contributed by atoms with van der Waals surface area (Å²) < 4.78 is 7.25. The Morgan fingerprint density at radius 2 is 2.17 bits per heavy atom. The van der Waals surface area contributed by atoms with Crippen molar-refractivity contribution in [2.24, 2.45) is 0 Å². The highest BCUT2D eigenvalue weighted by atomic mass is 16.5. The number of pyridine rings is 1. The maximum absolute atomic E-state index is 12.9. The molecule has 10 heteroatoms. The van der Waals surface area contributed by atoms with Gasteiger partial charge in [0.2, 0.25) is 5.95 Å². The molecule has 0 spiro atoms. The molecule has 148 valence electrons. The number of nitrogens with zero attached hydrogens (tertiary/aromatic N) is 6. The van der Waals surface area contributed by atoms with Gasteiger partial charge in [0.15, 0.2) is 5.69 Å². The minimum atomic E-state index is -0.394. The van der Waals surface area contributed by atoms with E-state index >= 15 is 0 Å². The lowest BCUT2D eigenvalue weighted by Crippen LogP contribution is -2.19. The maximum Gasteiger partial charge on any atom is 0.277 e. The van der Waals surface area contributed by atoms with Crippen molar-refractivity contribution in [1.29, 1.82) is 0 Å². The number of aromatic amines is 1. The van der Waals surface area contributed by atoms with Crippen LogP contribution in [0, 0.1) is 0 Å². The SMILES string of the molecule is CN(C)CCOc1ccc(NC(=O)c2nc(-n3ccnc3)nc3cc[nH]c23)nc1. The van der Waals surface area contributed by atoms with E-state index in [0.29, 0.717) is 35.2 Å². The summed E-state index contributed by atoms with van der Waals surface area (Å²) in [6, 6.07) is 5.23. The number of ether oxygens (including phenoxy) is 1. The van der Waals surface area contributed by atoms with Crippen molar-refractivity contribution in [1.82, 2.24) is 34.4 Å². The number of hydrogen-bond donors (Lipinski definition) is 2. The summed E-state index contributed by atoms with van der Waals surface area (Å²) in [4.78, 5) is 35.0. The van der Waals surface area contributed by atoms with E-state index in [9.17, 15) is 4.79 Å². The molecule has 1 amide bonds. The standard InChI is InChI=1S/C19H20N8O2/c1-26(2)9-10-29-13-3-4-15(22-11-13)24-18(28)17-16-14(5-6-21-16)23-19(25-17)27-8-7-20-12-27/h3-8,11-12,21H,9-10H2,1-2H3,(H,22,24,28). The van der Waals surface area contributed by atoms with Crippen LogP contribution in [-0.4, -0.2) is 67.5 Å². The Kier molecular flexibility index (Phi) is 5.16. The van der Waals surface area contributed by atoms with Crippen LogP contribution in [0.5, 0.6) is 5.75 Å². The predicted octanol–water partition coefficient (Wildman–Crippen LogP) is 1.73. The van der Waals surface area contributed by atoms with Gasteiger partial charge >= 0.3 is 0 Å². The van der Waals surface area contributed by atoms with Crippen LogP contribution >= 0.6 is 0 Å². The van der Waals surface area contributed by atoms with Crippen LogP contribution in [0.1, 0.15) is 10.5 Å². The third-order valence-electron chi connectivity index (χ3n) is 4.13. The monoisotopic (exact) mass is 392 g/mol. The molecule has 29 heavy (non-hydrogen) atoms. The zero-order valence-electron chi connectivity index (χ0n) is 16.0. The summed E-state index contributed by atoms with van der Waals surface area (Å²) in [6.07, 6.45) is 8.20. The van der Waals surface area contributed by atoms with Crippen LogP contribution in [0.3, 0.4) is 0 Å². The molecule has 0 aliphatic carbocycles. The maximum atomic E-state index is 12.9. The van der Waals surface area contributed by atoms with Gasteiger partial charge in [-0.25, -0.2) is 19.9 Å². The Hall–Kier alpha value is -3.79. The van der Waals surface area contributed by atoms with Crippen LogP contribution in [-0.2, 0) is 0 Å². The Morgan fingerprint density at radius 3 is 2.90 bits per heavy atom. The topological polar surface area (TPSA) is 114 Å². The Balaban J connectivity index is 1.52. The first-order valence-corrected chi connectivity index (χ1v) is 8.98. The quantitative estimate of drug-likeness (QED) is 0.492. The van der Waals surface area contributed by atoms with E-state index in [2.05, 4.69) is 30.2 Å². The molecule has 0 saturated heterocycles. The molecule has 4 aromatic rings. The fourth-order valence-corrected chi connectivity index (χ4v) is 2.65. The largest absolute Gasteiger partial charge is 0.491 e. The van der Waals surface area contributed by atoms with Crippen molar-refractivity contribution in [2.45, 2.75) is 0 Å². The number of carbonyl (C=O) groups excluding carboxylic acids is 1. The number of anilines is 1. The molecule has 0 aromatic carbocycles. The number of fused-ring (bicyclic) bond motifs is 1. The second kappa shape index (κ2) is 8.07. The molecule has 0 saturated carbocycles. The second-order valence-electron chi connectivity index (χ2n) is 6.57. The Labute approximate surface area is 166 Å². The third kappa shape index (κ3) is 4.22. The fraction of sp³-hybridized carbons (Fsp3) is 0.211. The number of H-pyrrole nitrogens is 1. The van der Waals surface area contributed by atoms with Gasteiger partial charge in [-0.2, -0.15) is 0 Å². The summed E-state index contributed by atoms with van der Waals surface area (Å²) in [5.41, 5.74) is 1.40. The smallest absolute Gasteiger partial charge is 0.277 e. The first kappa shape index (κ1) is 18.6. The van der Waals surface area contributed by atoms with Gasteiger partial charge in [-0.3, -0.25) is 9.36 Å². The van der Waals surface area contributed by atoms with Crippen LogP contribution in [0.4, 0.5) is 5.82 Å². The van der Waals surface area contributed by atoms with Gasteiger partial charge in [-0.05, 0) is 32.3 Å². The van der Waals surface area contributed by atoms with Crippen LogP contribution in [0.25, 0.3) is 17.0 Å². The zero-order valence-corrected chi connectivity index (χ0v) is 16.0. The summed E-state index contributed by atoms with van der Waals surface area (Å²) in [5.74, 6) is 1.01. The fourth-order valence-electron chi connectivity index (χ4n) is 2.65. The first-order valence-electron chi connectivity index (χ1n) is 8.98. The molecular weight excluding hydrogens is 372 g/mol. The van der Waals surface area contributed by atoms with Crippen LogP contribution < -0.4 is 10.1 Å². The van der Waals surface area contributed by atoms with Gasteiger partial charge in [0.05, 0.1) is 17.2 Å². The molecule has 4 heterocycles. The molecule has 4 aromatic heterocycles. The van der Waals surface area contributed by atoms with Crippen molar-refractivity contribution in [2.75, 3.05) is 32.6 Å². The Morgan fingerprint density at radius 1 is 1.28 bits per heavy atom. The molecule has 0 aliphatic heterocycles. The lowest BCUT2D eigenvalue weighted by atomic mass is 10.3. The van der Waals surface area contributed by atoms with Gasteiger partial charge in [-0.1, -0.05) is 0 Å². The molecule has 2 N–H and O–H groups in total. The minimum absolute atomic E-state index is 0.219. The van der Waals surface area contributed by atoms with Gasteiger partial charge in [0.1, 0.15) is 24.5 Å². The normalized spacial score (nSPS) is 11.1. The number of carbonyl (C=O) groups is 1. The molecule has 0 bridgehead atoms. The molecule has 0 atom stereocenters. The third-order valence-corrected chi connectivity index (χ3v) is 4.13. The summed E-state index contributed by atoms with van der Waals surface area (Å²) in [7, 11) is 3.96. The van der Waals surface area contributed by atoms with Crippen molar-refractivity contribution >= 4 is 22.8 Å². The highest BCUT2D eigenvalue weighted by Gasteiger charge is 2.17. The molecular formula is C19H20N8O2. The van der Waals surface area contributed by atoms with Crippen LogP contribution in [0.15, 0.2) is 49.3 Å². The number of nitrogens with one attached hydrogen (secondary N) is 2. The molecule has 0 radical (unpaired) electrons. The van der Waals surface area contributed by atoms with E-state index in [1.165, 1.54) is 0 Å². The average molecular weight is 392 g/mol. The number of hydrogen-bond acceptors (Lipinski definition) is 7. The van der Waals surface area contributed by atoms with E-state index in [-0.39, 0.29) is 5.69 Å². The van der Waals surface area contributed by atoms with Gasteiger partial charge in [0.25, 0.3) is 5.91 Å². The number of aromatic nitrogens is 6. The number of likely N-dealkylation sites (N-methyl/N-ethyl adjacent to an activating group) is 1. The van der Waals surface area contributed by atoms with E-state index < -0.39 is 5.91 Å². The summed E-state index contributed by atoms with van der Waals surface area (Å²) in [6.45, 7) is 1.36. The highest BCUT2D eigenvalue weighted by Crippen LogP contribution is 2.18. The molecule has 0 fully saturated rings. The number of amides is 1. The van der Waals surface area contributed by atoms with E-state index in [0.717, 1.165) is 6.54 Å². The summed E-state index contributed by atoms with van der Waals surface area (Å²) >= 11 is 0. The predicted molar refractivity (Wildman–Crippen MR) is 107 cm³/mol. The molecule has 0 unspecified atom stereocenters. The van der Waals surface area contributed by atoms with Gasteiger partial charge < -0.3 is 19.9 Å². The lowest BCUT2D eigenvalue weighted by molar-refractivity contribution is 0.102. The molecule has 10 nitrogen and oxygen atoms in total. The van der Waals surface area contributed by atoms with Crippen molar-refractivity contribution in [3.05, 3.63) is 55.0 Å². The van der Waals surface area contributed by atoms with Crippen molar-refractivity contribution in [3.63, 3.8) is 0 Å². The number of rotatable bonds is 7. The zero-order chi connectivity index (χ0) is 20.2. The lowest BCUT2D eigenvalue weighted by Gasteiger charge is -2.11.